The third kappa shape index (κ3) is 5.28. The van der Waals surface area contributed by atoms with Crippen molar-refractivity contribution in [2.75, 3.05) is 39.4 Å². The van der Waals surface area contributed by atoms with Crippen molar-refractivity contribution in [2.24, 2.45) is 0 Å². The van der Waals surface area contributed by atoms with Gasteiger partial charge >= 0.3 is 0 Å². The van der Waals surface area contributed by atoms with Gasteiger partial charge in [-0.05, 0) is 17.7 Å². The number of morpholine rings is 1. The zero-order valence-corrected chi connectivity index (χ0v) is 12.7. The maximum absolute atomic E-state index is 11.9. The van der Waals surface area contributed by atoms with Crippen LogP contribution in [0.2, 0.25) is 5.02 Å². The number of benzene rings is 1. The van der Waals surface area contributed by atoms with Crippen LogP contribution in [0.1, 0.15) is 18.1 Å². The molecule has 0 saturated carbocycles. The molecule has 0 aliphatic carbocycles. The monoisotopic (exact) mass is 312 g/mol. The minimum absolute atomic E-state index is 0.131. The van der Waals surface area contributed by atoms with Crippen LogP contribution in [0.15, 0.2) is 24.3 Å². The highest BCUT2D eigenvalue weighted by atomic mass is 35.5. The van der Waals surface area contributed by atoms with Crippen LogP contribution in [0.4, 0.5) is 0 Å². The van der Waals surface area contributed by atoms with Crippen molar-refractivity contribution in [1.82, 2.24) is 10.2 Å². The Hall–Kier alpha value is -1.14. The molecule has 1 unspecified atom stereocenters. The van der Waals surface area contributed by atoms with Crippen molar-refractivity contribution in [3.05, 3.63) is 34.9 Å². The van der Waals surface area contributed by atoms with Gasteiger partial charge in [0.25, 0.3) is 0 Å². The lowest BCUT2D eigenvalue weighted by molar-refractivity contribution is -0.135. The predicted octanol–water partition coefficient (Wildman–Crippen LogP) is 1.21. The molecule has 1 aliphatic heterocycles. The number of rotatable bonds is 6. The summed E-state index contributed by atoms with van der Waals surface area (Å²) in [6.45, 7) is 3.56. The first kappa shape index (κ1) is 16.2. The van der Waals surface area contributed by atoms with Gasteiger partial charge in [0.2, 0.25) is 5.91 Å². The number of carbonyl (C=O) groups excluding carboxylic acids is 1. The van der Waals surface area contributed by atoms with Gasteiger partial charge in [0.1, 0.15) is 0 Å². The number of carbonyl (C=O) groups is 1. The molecule has 1 fully saturated rings. The second-order valence-corrected chi connectivity index (χ2v) is 5.45. The van der Waals surface area contributed by atoms with Crippen LogP contribution in [-0.2, 0) is 9.53 Å². The smallest absolute Gasteiger partial charge is 0.224 e. The normalized spacial score (nSPS) is 16.8. The Balaban J connectivity index is 1.64. The molecule has 0 spiro atoms. The summed E-state index contributed by atoms with van der Waals surface area (Å²) >= 11 is 5.80. The molecule has 0 aromatic heterocycles. The molecule has 1 aromatic carbocycles. The van der Waals surface area contributed by atoms with E-state index >= 15 is 0 Å². The Bertz CT molecular complexity index is 447. The Morgan fingerprint density at radius 1 is 1.33 bits per heavy atom. The lowest BCUT2D eigenvalue weighted by atomic mass is 10.1. The van der Waals surface area contributed by atoms with Crippen LogP contribution in [0, 0.1) is 0 Å². The lowest BCUT2D eigenvalue weighted by Gasteiger charge is -2.27. The van der Waals surface area contributed by atoms with Crippen molar-refractivity contribution in [2.45, 2.75) is 12.5 Å². The topological polar surface area (TPSA) is 61.8 Å². The van der Waals surface area contributed by atoms with Crippen LogP contribution < -0.4 is 5.32 Å². The van der Waals surface area contributed by atoms with Gasteiger partial charge in [-0.15, -0.1) is 0 Å². The molecular weight excluding hydrogens is 292 g/mol. The minimum Gasteiger partial charge on any atom is -0.387 e. The molecular formula is C15H21ClN2O3. The Labute approximate surface area is 129 Å². The lowest BCUT2D eigenvalue weighted by Crippen LogP contribution is -2.41. The van der Waals surface area contributed by atoms with Gasteiger partial charge in [-0.2, -0.15) is 0 Å². The minimum atomic E-state index is -0.597. The third-order valence-electron chi connectivity index (χ3n) is 3.47. The summed E-state index contributed by atoms with van der Waals surface area (Å²) in [5.41, 5.74) is 0.811. The summed E-state index contributed by atoms with van der Waals surface area (Å²) in [5.74, 6) is 0.131. The van der Waals surface area contributed by atoms with Crippen LogP contribution >= 0.6 is 11.6 Å². The Kier molecular flexibility index (Phi) is 6.45. The van der Waals surface area contributed by atoms with Crippen molar-refractivity contribution in [3.63, 3.8) is 0 Å². The van der Waals surface area contributed by atoms with E-state index in [0.717, 1.165) is 5.56 Å². The van der Waals surface area contributed by atoms with Crippen LogP contribution in [0.25, 0.3) is 0 Å². The van der Waals surface area contributed by atoms with E-state index in [9.17, 15) is 9.90 Å². The number of aliphatic hydroxyl groups is 1. The fourth-order valence-corrected chi connectivity index (χ4v) is 2.33. The first-order chi connectivity index (χ1) is 10.2. The molecule has 21 heavy (non-hydrogen) atoms. The summed E-state index contributed by atoms with van der Waals surface area (Å²) < 4.78 is 5.21. The van der Waals surface area contributed by atoms with E-state index in [-0.39, 0.29) is 5.91 Å². The summed E-state index contributed by atoms with van der Waals surface area (Å²) in [6.07, 6.45) is -0.159. The van der Waals surface area contributed by atoms with E-state index in [2.05, 4.69) is 5.32 Å². The van der Waals surface area contributed by atoms with Gasteiger partial charge in [-0.3, -0.25) is 4.79 Å². The molecule has 116 valence electrons. The first-order valence-electron chi connectivity index (χ1n) is 7.16. The molecule has 6 heteroatoms. The molecule has 2 N–H and O–H groups in total. The standard InChI is InChI=1S/C15H21ClN2O3/c16-13-3-1-12(2-4-13)14(19)11-17-6-5-15(20)18-7-9-21-10-8-18/h1-4,14,17,19H,5-11H2. The van der Waals surface area contributed by atoms with Gasteiger partial charge in [0.05, 0.1) is 19.3 Å². The van der Waals surface area contributed by atoms with E-state index in [1.165, 1.54) is 0 Å². The predicted molar refractivity (Wildman–Crippen MR) is 81.3 cm³/mol. The number of halogens is 1. The Morgan fingerprint density at radius 2 is 2.00 bits per heavy atom. The average Bonchev–Trinajstić information content (AvgIpc) is 2.52. The zero-order valence-electron chi connectivity index (χ0n) is 11.9. The molecule has 1 heterocycles. The first-order valence-corrected chi connectivity index (χ1v) is 7.54. The van der Waals surface area contributed by atoms with E-state index in [1.807, 2.05) is 4.90 Å². The van der Waals surface area contributed by atoms with Crippen molar-refractivity contribution < 1.29 is 14.6 Å². The number of nitrogens with one attached hydrogen (secondary N) is 1. The third-order valence-corrected chi connectivity index (χ3v) is 3.72. The zero-order chi connectivity index (χ0) is 15.1. The van der Waals surface area contributed by atoms with Gasteiger partial charge in [-0.25, -0.2) is 0 Å². The summed E-state index contributed by atoms with van der Waals surface area (Å²) in [4.78, 5) is 13.7. The van der Waals surface area contributed by atoms with Crippen molar-refractivity contribution in [1.29, 1.82) is 0 Å². The summed E-state index contributed by atoms with van der Waals surface area (Å²) in [5, 5.41) is 13.8. The van der Waals surface area contributed by atoms with E-state index in [4.69, 9.17) is 16.3 Å². The van der Waals surface area contributed by atoms with Crippen LogP contribution in [-0.4, -0.2) is 55.3 Å². The van der Waals surface area contributed by atoms with Gasteiger partial charge < -0.3 is 20.1 Å². The van der Waals surface area contributed by atoms with Gasteiger partial charge in [0.15, 0.2) is 0 Å². The van der Waals surface area contributed by atoms with Crippen LogP contribution in [0.5, 0.6) is 0 Å². The van der Waals surface area contributed by atoms with E-state index in [1.54, 1.807) is 24.3 Å². The van der Waals surface area contributed by atoms with E-state index in [0.29, 0.717) is 50.8 Å². The molecule has 1 atom stereocenters. The highest BCUT2D eigenvalue weighted by Gasteiger charge is 2.16. The van der Waals surface area contributed by atoms with E-state index < -0.39 is 6.10 Å². The SMILES string of the molecule is O=C(CCNCC(O)c1ccc(Cl)cc1)N1CCOCC1. The molecule has 1 aliphatic rings. The fraction of sp³-hybridized carbons (Fsp3) is 0.533. The fourth-order valence-electron chi connectivity index (χ4n) is 2.21. The number of aliphatic hydroxyl groups excluding tert-OH is 1. The molecule has 1 amide bonds. The van der Waals surface area contributed by atoms with Gasteiger partial charge in [-0.1, -0.05) is 23.7 Å². The van der Waals surface area contributed by atoms with Crippen molar-refractivity contribution in [3.8, 4) is 0 Å². The molecule has 5 nitrogen and oxygen atoms in total. The summed E-state index contributed by atoms with van der Waals surface area (Å²) in [6, 6.07) is 7.10. The second-order valence-electron chi connectivity index (χ2n) is 5.01. The highest BCUT2D eigenvalue weighted by molar-refractivity contribution is 6.30. The number of hydrogen-bond donors (Lipinski definition) is 2. The maximum atomic E-state index is 11.9. The molecule has 0 bridgehead atoms. The average molecular weight is 313 g/mol. The molecule has 1 saturated heterocycles. The second kappa shape index (κ2) is 8.34. The number of hydrogen-bond acceptors (Lipinski definition) is 4. The maximum Gasteiger partial charge on any atom is 0.224 e. The Morgan fingerprint density at radius 3 is 2.67 bits per heavy atom. The largest absolute Gasteiger partial charge is 0.387 e. The molecule has 1 aromatic rings. The van der Waals surface area contributed by atoms with Gasteiger partial charge in [0, 0.05) is 37.6 Å². The molecule has 0 radical (unpaired) electrons. The summed E-state index contributed by atoms with van der Waals surface area (Å²) in [7, 11) is 0. The quantitative estimate of drug-likeness (QED) is 0.775. The highest BCUT2D eigenvalue weighted by Crippen LogP contribution is 2.15. The molecule has 2 rings (SSSR count). The van der Waals surface area contributed by atoms with Crippen molar-refractivity contribution >= 4 is 17.5 Å². The van der Waals surface area contributed by atoms with Crippen LogP contribution in [0.3, 0.4) is 0 Å². The number of ether oxygens (including phenoxy) is 1. The number of amides is 1. The number of nitrogens with zero attached hydrogens (tertiary/aromatic N) is 1.